The van der Waals surface area contributed by atoms with Crippen LogP contribution in [-0.4, -0.2) is 65.9 Å². The number of nitrogens with zero attached hydrogens (tertiary/aromatic N) is 3. The number of rotatable bonds is 11. The number of hydrogen-bond acceptors (Lipinski definition) is 4. The summed E-state index contributed by atoms with van der Waals surface area (Å²) in [6.07, 6.45) is 4.30. The monoisotopic (exact) mass is 536 g/mol. The quantitative estimate of drug-likeness (QED) is 0.334. The average molecular weight is 537 g/mol. The van der Waals surface area contributed by atoms with E-state index >= 15 is 0 Å². The Morgan fingerprint density at radius 3 is 2.45 bits per heavy atom. The largest absolute Gasteiger partial charge is 0.464 e. The van der Waals surface area contributed by atoms with Gasteiger partial charge in [-0.15, -0.1) is 0 Å². The lowest BCUT2D eigenvalue weighted by molar-refractivity contribution is -0.132. The Kier molecular flexibility index (Phi) is 10.2. The van der Waals surface area contributed by atoms with Gasteiger partial charge in [0.05, 0.1) is 6.54 Å². The van der Waals surface area contributed by atoms with Crippen molar-refractivity contribution in [3.63, 3.8) is 0 Å². The fraction of sp³-hybridized carbons (Fsp3) is 0.400. The highest BCUT2D eigenvalue weighted by Gasteiger charge is 2.23. The van der Waals surface area contributed by atoms with E-state index in [1.165, 1.54) is 19.3 Å². The van der Waals surface area contributed by atoms with Crippen LogP contribution < -0.4 is 5.32 Å². The van der Waals surface area contributed by atoms with E-state index in [0.717, 1.165) is 43.1 Å². The maximum atomic E-state index is 13.7. The molecular weight excluding hydrogens is 500 g/mol. The lowest BCUT2D eigenvalue weighted by Gasteiger charge is -2.31. The molecule has 4 rings (SSSR count). The molecule has 1 aliphatic heterocycles. The molecule has 0 unspecified atom stereocenters. The minimum atomic E-state index is -0.311. The summed E-state index contributed by atoms with van der Waals surface area (Å²) in [5.74, 6) is 1.42. The summed E-state index contributed by atoms with van der Waals surface area (Å²) in [5.41, 5.74) is 1.76. The number of carbonyl (C=O) groups is 2. The molecule has 0 saturated carbocycles. The molecule has 3 amide bonds. The number of anilines is 1. The first-order valence-corrected chi connectivity index (χ1v) is 13.7. The van der Waals surface area contributed by atoms with Gasteiger partial charge in [0, 0.05) is 30.3 Å². The molecule has 0 spiro atoms. The number of nitrogens with one attached hydrogen (secondary N) is 1. The van der Waals surface area contributed by atoms with Crippen LogP contribution in [0, 0.1) is 6.92 Å². The number of hydrogen-bond donors (Lipinski definition) is 1. The Bertz CT molecular complexity index is 1180. The molecule has 1 N–H and O–H groups in total. The SMILES string of the molecule is Cc1ccc(CN(CCc2ccccc2)C(=O)CN(CCN2CCCCC2)C(=O)Nc2cccc(Cl)c2)o1. The number of piperidine rings is 1. The van der Waals surface area contributed by atoms with Crippen LogP contribution in [0.25, 0.3) is 0 Å². The number of furan rings is 1. The third-order valence-corrected chi connectivity index (χ3v) is 7.07. The van der Waals surface area contributed by atoms with Gasteiger partial charge in [-0.05, 0) is 75.2 Å². The van der Waals surface area contributed by atoms with Gasteiger partial charge < -0.3 is 24.4 Å². The van der Waals surface area contributed by atoms with Crippen molar-refractivity contribution in [2.75, 3.05) is 44.6 Å². The second kappa shape index (κ2) is 14.0. The Labute approximate surface area is 230 Å². The number of benzene rings is 2. The standard InChI is InChI=1S/C30H37ClN4O3/c1-24-13-14-28(38-24)22-34(18-15-25-9-4-2-5-10-25)29(36)23-35(20-19-33-16-6-3-7-17-33)30(37)32-27-12-8-11-26(31)21-27/h2,4-5,8-14,21H,3,6-7,15-20,22-23H2,1H3,(H,32,37). The molecule has 38 heavy (non-hydrogen) atoms. The van der Waals surface area contributed by atoms with Crippen LogP contribution in [0.15, 0.2) is 71.1 Å². The van der Waals surface area contributed by atoms with E-state index in [4.69, 9.17) is 16.0 Å². The Morgan fingerprint density at radius 2 is 1.74 bits per heavy atom. The van der Waals surface area contributed by atoms with Gasteiger partial charge in [0.15, 0.2) is 0 Å². The van der Waals surface area contributed by atoms with Gasteiger partial charge in [0.25, 0.3) is 0 Å². The molecule has 0 radical (unpaired) electrons. The van der Waals surface area contributed by atoms with Crippen molar-refractivity contribution < 1.29 is 14.0 Å². The first-order valence-electron chi connectivity index (χ1n) is 13.4. The summed E-state index contributed by atoms with van der Waals surface area (Å²) in [5, 5.41) is 3.46. The highest BCUT2D eigenvalue weighted by Crippen LogP contribution is 2.17. The van der Waals surface area contributed by atoms with Gasteiger partial charge in [-0.25, -0.2) is 4.79 Å². The molecule has 3 aromatic rings. The third-order valence-electron chi connectivity index (χ3n) is 6.83. The van der Waals surface area contributed by atoms with E-state index in [9.17, 15) is 9.59 Å². The minimum Gasteiger partial charge on any atom is -0.464 e. The molecule has 202 valence electrons. The van der Waals surface area contributed by atoms with Gasteiger partial charge >= 0.3 is 6.03 Å². The molecule has 1 saturated heterocycles. The van der Waals surface area contributed by atoms with Gasteiger partial charge in [-0.3, -0.25) is 4.79 Å². The number of carbonyl (C=O) groups excluding carboxylic acids is 2. The molecule has 0 atom stereocenters. The van der Waals surface area contributed by atoms with Crippen molar-refractivity contribution in [3.8, 4) is 0 Å². The summed E-state index contributed by atoms with van der Waals surface area (Å²) in [6, 6.07) is 20.6. The zero-order chi connectivity index (χ0) is 26.7. The van der Waals surface area contributed by atoms with E-state index in [0.29, 0.717) is 30.3 Å². The molecule has 0 bridgehead atoms. The van der Waals surface area contributed by atoms with Crippen molar-refractivity contribution in [3.05, 3.63) is 88.8 Å². The van der Waals surface area contributed by atoms with Crippen molar-refractivity contribution >= 4 is 29.2 Å². The Morgan fingerprint density at radius 1 is 0.947 bits per heavy atom. The van der Waals surface area contributed by atoms with Crippen LogP contribution in [0.3, 0.4) is 0 Å². The second-order valence-electron chi connectivity index (χ2n) is 9.83. The molecule has 1 aliphatic rings. The lowest BCUT2D eigenvalue weighted by atomic mass is 10.1. The minimum absolute atomic E-state index is 0.0191. The van der Waals surface area contributed by atoms with Crippen LogP contribution in [0.1, 0.15) is 36.3 Å². The first-order chi connectivity index (χ1) is 18.5. The van der Waals surface area contributed by atoms with Gasteiger partial charge in [-0.1, -0.05) is 54.4 Å². The molecule has 1 fully saturated rings. The van der Waals surface area contributed by atoms with Crippen LogP contribution in [0.4, 0.5) is 10.5 Å². The fourth-order valence-electron chi connectivity index (χ4n) is 4.69. The van der Waals surface area contributed by atoms with E-state index in [1.54, 1.807) is 34.1 Å². The summed E-state index contributed by atoms with van der Waals surface area (Å²) in [4.78, 5) is 32.8. The smallest absolute Gasteiger partial charge is 0.322 e. The van der Waals surface area contributed by atoms with Crippen LogP contribution in [0.2, 0.25) is 5.02 Å². The lowest BCUT2D eigenvalue weighted by Crippen LogP contribution is -2.47. The normalized spacial score (nSPS) is 13.7. The molecule has 1 aromatic heterocycles. The van der Waals surface area contributed by atoms with Crippen LogP contribution >= 0.6 is 11.6 Å². The fourth-order valence-corrected chi connectivity index (χ4v) is 4.88. The zero-order valence-electron chi connectivity index (χ0n) is 22.1. The maximum Gasteiger partial charge on any atom is 0.322 e. The van der Waals surface area contributed by atoms with E-state index in [2.05, 4.69) is 22.3 Å². The van der Waals surface area contributed by atoms with Crippen LogP contribution in [-0.2, 0) is 17.8 Å². The number of likely N-dealkylation sites (tertiary alicyclic amines) is 1. The predicted octanol–water partition coefficient (Wildman–Crippen LogP) is 5.83. The van der Waals surface area contributed by atoms with E-state index < -0.39 is 0 Å². The summed E-state index contributed by atoms with van der Waals surface area (Å²) >= 11 is 6.12. The highest BCUT2D eigenvalue weighted by molar-refractivity contribution is 6.30. The summed E-state index contributed by atoms with van der Waals surface area (Å²) in [6.45, 7) is 6.00. The molecule has 2 heterocycles. The van der Waals surface area contributed by atoms with Crippen molar-refractivity contribution in [1.82, 2.24) is 14.7 Å². The van der Waals surface area contributed by atoms with Crippen molar-refractivity contribution in [2.45, 2.75) is 39.2 Å². The van der Waals surface area contributed by atoms with Gasteiger partial charge in [-0.2, -0.15) is 0 Å². The summed E-state index contributed by atoms with van der Waals surface area (Å²) < 4.78 is 5.78. The molecule has 2 aromatic carbocycles. The van der Waals surface area contributed by atoms with E-state index in [-0.39, 0.29) is 18.5 Å². The van der Waals surface area contributed by atoms with Crippen LogP contribution in [0.5, 0.6) is 0 Å². The van der Waals surface area contributed by atoms with Gasteiger partial charge in [0.1, 0.15) is 18.1 Å². The Hall–Kier alpha value is -3.29. The predicted molar refractivity (Wildman–Crippen MR) is 151 cm³/mol. The zero-order valence-corrected chi connectivity index (χ0v) is 22.8. The topological polar surface area (TPSA) is 69.0 Å². The maximum absolute atomic E-state index is 13.7. The first kappa shape index (κ1) is 27.7. The Balaban J connectivity index is 1.47. The summed E-state index contributed by atoms with van der Waals surface area (Å²) in [7, 11) is 0. The number of aryl methyl sites for hydroxylation is 1. The van der Waals surface area contributed by atoms with Crippen molar-refractivity contribution in [2.24, 2.45) is 0 Å². The van der Waals surface area contributed by atoms with E-state index in [1.807, 2.05) is 37.3 Å². The van der Waals surface area contributed by atoms with Gasteiger partial charge in [0.2, 0.25) is 5.91 Å². The average Bonchev–Trinajstić information content (AvgIpc) is 3.34. The molecule has 7 nitrogen and oxygen atoms in total. The molecule has 0 aliphatic carbocycles. The number of amides is 3. The second-order valence-corrected chi connectivity index (χ2v) is 10.3. The number of urea groups is 1. The molecule has 8 heteroatoms. The third kappa shape index (κ3) is 8.64. The number of halogens is 1. The molecular formula is C30H37ClN4O3. The van der Waals surface area contributed by atoms with Crippen molar-refractivity contribution in [1.29, 1.82) is 0 Å². The highest BCUT2D eigenvalue weighted by atomic mass is 35.5.